The van der Waals surface area contributed by atoms with E-state index in [0.29, 0.717) is 25.2 Å². The van der Waals surface area contributed by atoms with Gasteiger partial charge in [-0.15, -0.1) is 0 Å². The molecule has 0 aromatic heterocycles. The summed E-state index contributed by atoms with van der Waals surface area (Å²) < 4.78 is 38.7. The molecule has 0 atom stereocenters. The van der Waals surface area contributed by atoms with Crippen molar-refractivity contribution in [3.8, 4) is 0 Å². The summed E-state index contributed by atoms with van der Waals surface area (Å²) in [5.41, 5.74) is 1.65. The second-order valence-electron chi connectivity index (χ2n) is 4.99. The molecule has 0 radical (unpaired) electrons. The minimum atomic E-state index is -4.19. The monoisotopic (exact) mass is 366 g/mol. The van der Waals surface area contributed by atoms with Crippen molar-refractivity contribution in [3.05, 3.63) is 28.2 Å². The summed E-state index contributed by atoms with van der Waals surface area (Å²) in [7, 11) is 0. The lowest BCUT2D eigenvalue weighted by Gasteiger charge is -2.26. The van der Waals surface area contributed by atoms with Crippen LogP contribution in [0.15, 0.2) is 22.7 Å². The fraction of sp³-hybridized carbons (Fsp3) is 0.600. The number of benzene rings is 1. The van der Waals surface area contributed by atoms with Crippen LogP contribution in [0.3, 0.4) is 0 Å². The Labute approximate surface area is 132 Å². The summed E-state index contributed by atoms with van der Waals surface area (Å²) in [4.78, 5) is 1.37. The van der Waals surface area contributed by atoms with Crippen LogP contribution in [-0.2, 0) is 6.54 Å². The number of anilines is 1. The predicted octanol–water partition coefficient (Wildman–Crippen LogP) is 4.73. The van der Waals surface area contributed by atoms with E-state index in [4.69, 9.17) is 0 Å². The quantitative estimate of drug-likeness (QED) is 0.669. The fourth-order valence-electron chi connectivity index (χ4n) is 2.06. The van der Waals surface area contributed by atoms with Gasteiger partial charge in [0.05, 0.1) is 0 Å². The normalized spacial score (nSPS) is 11.7. The Morgan fingerprint density at radius 1 is 1.19 bits per heavy atom. The van der Waals surface area contributed by atoms with Crippen molar-refractivity contribution < 1.29 is 13.2 Å². The Balaban J connectivity index is 2.82. The van der Waals surface area contributed by atoms with Crippen LogP contribution in [0.2, 0.25) is 0 Å². The minimum Gasteiger partial charge on any atom is -0.363 e. The second-order valence-corrected chi connectivity index (χ2v) is 5.84. The number of hydrogen-bond donors (Lipinski definition) is 1. The van der Waals surface area contributed by atoms with Crippen molar-refractivity contribution in [3.63, 3.8) is 0 Å². The van der Waals surface area contributed by atoms with E-state index in [2.05, 4.69) is 28.2 Å². The molecule has 0 heterocycles. The molecule has 120 valence electrons. The molecule has 1 aromatic rings. The molecule has 0 saturated heterocycles. The zero-order valence-corrected chi connectivity index (χ0v) is 14.0. The Hall–Kier alpha value is -0.750. The first-order valence-corrected chi connectivity index (χ1v) is 7.97. The number of nitrogens with zero attached hydrogens (tertiary/aromatic N) is 1. The predicted molar refractivity (Wildman–Crippen MR) is 84.7 cm³/mol. The summed E-state index contributed by atoms with van der Waals surface area (Å²) in [5, 5.41) is 3.28. The van der Waals surface area contributed by atoms with E-state index in [1.54, 1.807) is 12.1 Å². The maximum Gasteiger partial charge on any atom is 0.405 e. The molecule has 1 rings (SSSR count). The van der Waals surface area contributed by atoms with Gasteiger partial charge in [0.15, 0.2) is 0 Å². The molecule has 21 heavy (non-hydrogen) atoms. The van der Waals surface area contributed by atoms with Crippen LogP contribution in [-0.4, -0.2) is 25.8 Å². The molecule has 0 saturated carbocycles. The minimum absolute atomic E-state index is 0.388. The van der Waals surface area contributed by atoms with E-state index in [9.17, 15) is 13.2 Å². The third kappa shape index (κ3) is 6.70. The summed E-state index contributed by atoms with van der Waals surface area (Å²) in [6, 6.07) is 5.40. The molecule has 0 fully saturated rings. The lowest BCUT2D eigenvalue weighted by Crippen LogP contribution is -2.34. The molecule has 0 amide bonds. The van der Waals surface area contributed by atoms with Gasteiger partial charge < -0.3 is 10.2 Å². The Bertz CT molecular complexity index is 435. The Kier molecular flexibility index (Phi) is 7.52. The highest BCUT2D eigenvalue weighted by molar-refractivity contribution is 9.10. The molecule has 0 unspecified atom stereocenters. The van der Waals surface area contributed by atoms with Crippen molar-refractivity contribution in [2.75, 3.05) is 24.5 Å². The molecule has 0 aliphatic rings. The Morgan fingerprint density at radius 3 is 2.43 bits per heavy atom. The topological polar surface area (TPSA) is 15.3 Å². The fourth-order valence-corrected chi connectivity index (χ4v) is 2.57. The average molecular weight is 367 g/mol. The summed E-state index contributed by atoms with van der Waals surface area (Å²) in [6.45, 7) is 5.07. The van der Waals surface area contributed by atoms with Crippen molar-refractivity contribution in [1.82, 2.24) is 5.32 Å². The van der Waals surface area contributed by atoms with Crippen LogP contribution in [0.4, 0.5) is 18.9 Å². The summed E-state index contributed by atoms with van der Waals surface area (Å²) in [6.07, 6.45) is -2.47. The molecule has 1 N–H and O–H groups in total. The zero-order chi connectivity index (χ0) is 15.9. The highest BCUT2D eigenvalue weighted by atomic mass is 79.9. The van der Waals surface area contributed by atoms with Crippen LogP contribution in [0.5, 0.6) is 0 Å². The standard InChI is InChI=1S/C15H22BrF3N2/c1-3-7-20-10-12-5-6-13(9-14(12)16)21(8-4-2)11-15(17,18)19/h5-6,9,20H,3-4,7-8,10-11H2,1-2H3. The lowest BCUT2D eigenvalue weighted by molar-refractivity contribution is -0.119. The smallest absolute Gasteiger partial charge is 0.363 e. The van der Waals surface area contributed by atoms with Gasteiger partial charge in [0.25, 0.3) is 0 Å². The first-order valence-electron chi connectivity index (χ1n) is 7.18. The summed E-state index contributed by atoms with van der Waals surface area (Å²) in [5.74, 6) is 0. The van der Waals surface area contributed by atoms with Crippen molar-refractivity contribution in [2.45, 2.75) is 39.4 Å². The maximum atomic E-state index is 12.6. The van der Waals surface area contributed by atoms with Gasteiger partial charge in [-0.1, -0.05) is 35.8 Å². The highest BCUT2D eigenvalue weighted by Crippen LogP contribution is 2.27. The van der Waals surface area contributed by atoms with Crippen LogP contribution in [0, 0.1) is 0 Å². The van der Waals surface area contributed by atoms with Gasteiger partial charge in [-0.25, -0.2) is 0 Å². The number of rotatable bonds is 8. The van der Waals surface area contributed by atoms with Crippen LogP contribution in [0.25, 0.3) is 0 Å². The molecule has 0 aliphatic carbocycles. The van der Waals surface area contributed by atoms with Crippen LogP contribution in [0.1, 0.15) is 32.3 Å². The largest absolute Gasteiger partial charge is 0.405 e. The Morgan fingerprint density at radius 2 is 1.90 bits per heavy atom. The lowest BCUT2D eigenvalue weighted by atomic mass is 10.2. The van der Waals surface area contributed by atoms with E-state index in [-0.39, 0.29) is 0 Å². The van der Waals surface area contributed by atoms with Crippen LogP contribution < -0.4 is 10.2 Å². The van der Waals surface area contributed by atoms with Crippen LogP contribution >= 0.6 is 15.9 Å². The van der Waals surface area contributed by atoms with Gasteiger partial charge in [0, 0.05) is 23.2 Å². The zero-order valence-electron chi connectivity index (χ0n) is 12.4. The molecule has 0 aliphatic heterocycles. The third-order valence-corrected chi connectivity index (χ3v) is 3.75. The van der Waals surface area contributed by atoms with E-state index < -0.39 is 12.7 Å². The van der Waals surface area contributed by atoms with Gasteiger partial charge in [-0.05, 0) is 37.1 Å². The summed E-state index contributed by atoms with van der Waals surface area (Å²) >= 11 is 3.45. The van der Waals surface area contributed by atoms with E-state index in [0.717, 1.165) is 23.0 Å². The number of halogens is 4. The number of nitrogens with one attached hydrogen (secondary N) is 1. The molecule has 0 bridgehead atoms. The third-order valence-electron chi connectivity index (χ3n) is 3.01. The average Bonchev–Trinajstić information content (AvgIpc) is 2.39. The molecule has 2 nitrogen and oxygen atoms in total. The molecular formula is C15H22BrF3N2. The van der Waals surface area contributed by atoms with Crippen molar-refractivity contribution in [2.24, 2.45) is 0 Å². The van der Waals surface area contributed by atoms with E-state index in [1.165, 1.54) is 4.90 Å². The first kappa shape index (κ1) is 18.3. The number of alkyl halides is 3. The molecule has 6 heteroatoms. The van der Waals surface area contributed by atoms with Gasteiger partial charge in [0.1, 0.15) is 6.54 Å². The molecule has 0 spiro atoms. The second kappa shape index (κ2) is 8.63. The van der Waals surface area contributed by atoms with E-state index >= 15 is 0 Å². The van der Waals surface area contributed by atoms with Gasteiger partial charge in [-0.2, -0.15) is 13.2 Å². The van der Waals surface area contributed by atoms with Gasteiger partial charge in [-0.3, -0.25) is 0 Å². The van der Waals surface area contributed by atoms with Gasteiger partial charge >= 0.3 is 6.18 Å². The SMILES string of the molecule is CCCNCc1ccc(N(CCC)CC(F)(F)F)cc1Br. The van der Waals surface area contributed by atoms with Crippen molar-refractivity contribution in [1.29, 1.82) is 0 Å². The molecular weight excluding hydrogens is 345 g/mol. The van der Waals surface area contributed by atoms with Crippen molar-refractivity contribution >= 4 is 21.6 Å². The van der Waals surface area contributed by atoms with Gasteiger partial charge in [0.2, 0.25) is 0 Å². The number of hydrogen-bond acceptors (Lipinski definition) is 2. The molecule has 1 aromatic carbocycles. The first-order chi connectivity index (χ1) is 9.87. The highest BCUT2D eigenvalue weighted by Gasteiger charge is 2.30. The maximum absolute atomic E-state index is 12.6. The van der Waals surface area contributed by atoms with E-state index in [1.807, 2.05) is 13.0 Å².